The summed E-state index contributed by atoms with van der Waals surface area (Å²) < 4.78 is 35.5. The Labute approximate surface area is 258 Å². The van der Waals surface area contributed by atoms with Crippen molar-refractivity contribution in [1.29, 1.82) is 0 Å². The van der Waals surface area contributed by atoms with Crippen molar-refractivity contribution in [2.45, 2.75) is 26.2 Å². The van der Waals surface area contributed by atoms with Gasteiger partial charge in [-0.1, -0.05) is 50.6 Å². The molecule has 0 atom stereocenters. The fourth-order valence-electron chi connectivity index (χ4n) is 5.24. The van der Waals surface area contributed by atoms with Crippen LogP contribution >= 0.6 is 0 Å². The SMILES string of the molecule is [2H]C([2H])([2H])n1[cH+]n(-c2[c-]c(Oc3[c-]c4c(cc3)c3ccccc3n4-c3cc(C(C)(C)C)ccn3)ccc2)c2ccccc21.[Pt]. The first-order chi connectivity index (χ1) is 20.6. The molecule has 5 nitrogen and oxygen atoms in total. The zero-order chi connectivity index (χ0) is 29.9. The van der Waals surface area contributed by atoms with Crippen LogP contribution in [-0.2, 0) is 33.5 Å². The van der Waals surface area contributed by atoms with Gasteiger partial charge in [0, 0.05) is 73.2 Å². The Balaban J connectivity index is 0.00000343. The van der Waals surface area contributed by atoms with Crippen molar-refractivity contribution in [3.63, 3.8) is 0 Å². The largest absolute Gasteiger partial charge is 0.508 e. The Morgan fingerprint density at radius 2 is 1.56 bits per heavy atom. The summed E-state index contributed by atoms with van der Waals surface area (Å²) in [5, 5.41) is 2.16. The molecule has 0 aliphatic carbocycles. The van der Waals surface area contributed by atoms with Crippen molar-refractivity contribution in [3.05, 3.63) is 121 Å². The van der Waals surface area contributed by atoms with E-state index in [9.17, 15) is 0 Å². The molecule has 41 heavy (non-hydrogen) atoms. The quantitative estimate of drug-likeness (QED) is 0.171. The summed E-state index contributed by atoms with van der Waals surface area (Å²) in [4.78, 5) is 4.75. The first kappa shape index (κ1) is 23.5. The van der Waals surface area contributed by atoms with Crippen LogP contribution in [0.2, 0.25) is 0 Å². The van der Waals surface area contributed by atoms with E-state index in [0.717, 1.165) is 33.1 Å². The van der Waals surface area contributed by atoms with E-state index in [1.807, 2.05) is 65.4 Å². The van der Waals surface area contributed by atoms with Gasteiger partial charge in [-0.2, -0.15) is 12.1 Å². The first-order valence-electron chi connectivity index (χ1n) is 14.7. The van der Waals surface area contributed by atoms with Crippen LogP contribution in [0.1, 0.15) is 30.4 Å². The van der Waals surface area contributed by atoms with E-state index in [1.54, 1.807) is 12.4 Å². The third-order valence-electron chi connectivity index (χ3n) is 7.26. The Bertz CT molecular complexity index is 2160. The molecule has 7 rings (SSSR count). The van der Waals surface area contributed by atoms with Crippen LogP contribution in [-0.4, -0.2) is 18.7 Å². The predicted octanol–water partition coefficient (Wildman–Crippen LogP) is 8.43. The molecule has 0 spiro atoms. The van der Waals surface area contributed by atoms with Crippen molar-refractivity contribution < 1.29 is 29.9 Å². The van der Waals surface area contributed by atoms with Crippen LogP contribution in [0.4, 0.5) is 0 Å². The molecule has 0 amide bonds. The number of aryl methyl sites for hydroxylation is 1. The molecule has 0 radical (unpaired) electrons. The van der Waals surface area contributed by atoms with Crippen LogP contribution in [0, 0.1) is 12.1 Å². The molecule has 0 N–H and O–H groups in total. The van der Waals surface area contributed by atoms with Gasteiger partial charge < -0.3 is 9.30 Å². The molecule has 0 bridgehead atoms. The number of aromatic nitrogens is 4. The van der Waals surface area contributed by atoms with Crippen LogP contribution in [0.25, 0.3) is 44.3 Å². The van der Waals surface area contributed by atoms with E-state index in [4.69, 9.17) is 13.8 Å². The second kappa shape index (κ2) is 10.3. The molecule has 0 unspecified atom stereocenters. The summed E-state index contributed by atoms with van der Waals surface area (Å²) in [7, 11) is 0. The summed E-state index contributed by atoms with van der Waals surface area (Å²) in [5.74, 6) is 1.84. The molecule has 7 aromatic rings. The number of hydrogen-bond donors (Lipinski definition) is 0. The molecule has 0 aliphatic heterocycles. The molecule has 0 fully saturated rings. The number of benzene rings is 4. The number of pyridine rings is 1. The topological polar surface area (TPSA) is 36.9 Å². The molecule has 0 aliphatic rings. The van der Waals surface area contributed by atoms with Crippen molar-refractivity contribution >= 4 is 32.8 Å². The van der Waals surface area contributed by atoms with E-state index in [-0.39, 0.29) is 26.5 Å². The molecule has 0 saturated carbocycles. The Kier molecular flexibility index (Phi) is 5.91. The molecule has 6 heteroatoms. The summed E-state index contributed by atoms with van der Waals surface area (Å²) in [6.45, 7) is 4.27. The van der Waals surface area contributed by atoms with Gasteiger partial charge in [0.15, 0.2) is 17.4 Å². The summed E-state index contributed by atoms with van der Waals surface area (Å²) in [5.41, 5.74) is 5.11. The van der Waals surface area contributed by atoms with Crippen molar-refractivity contribution in [2.24, 2.45) is 6.98 Å². The summed E-state index contributed by atoms with van der Waals surface area (Å²) in [6.07, 6.45) is 3.45. The number of para-hydroxylation sites is 3. The van der Waals surface area contributed by atoms with E-state index < -0.39 is 6.98 Å². The van der Waals surface area contributed by atoms with E-state index in [2.05, 4.69) is 67.8 Å². The average molecular weight is 720 g/mol. The van der Waals surface area contributed by atoms with Gasteiger partial charge >= 0.3 is 0 Å². The Morgan fingerprint density at radius 3 is 2.37 bits per heavy atom. The molecular weight excluding hydrogens is 687 g/mol. The van der Waals surface area contributed by atoms with E-state index in [1.165, 1.54) is 10.1 Å². The third kappa shape index (κ3) is 4.75. The molecule has 206 valence electrons. The minimum absolute atomic E-state index is 0. The second-order valence-electron chi connectivity index (χ2n) is 10.9. The van der Waals surface area contributed by atoms with Crippen LogP contribution in [0.15, 0.2) is 104 Å². The molecule has 0 saturated heterocycles. The maximum Gasteiger partial charge on any atom is 0.188 e. The van der Waals surface area contributed by atoms with Gasteiger partial charge in [0.1, 0.15) is 5.82 Å². The van der Waals surface area contributed by atoms with Crippen LogP contribution in [0.3, 0.4) is 0 Å². The van der Waals surface area contributed by atoms with Gasteiger partial charge in [0.2, 0.25) is 0 Å². The Hall–Kier alpha value is -4.21. The van der Waals surface area contributed by atoms with Gasteiger partial charge in [-0.25, -0.2) is 14.1 Å². The van der Waals surface area contributed by atoms with Crippen LogP contribution < -0.4 is 4.74 Å². The maximum absolute atomic E-state index is 7.99. The minimum Gasteiger partial charge on any atom is -0.508 e. The Morgan fingerprint density at radius 1 is 0.805 bits per heavy atom. The zero-order valence-corrected chi connectivity index (χ0v) is 25.1. The van der Waals surface area contributed by atoms with Crippen molar-refractivity contribution in [3.8, 4) is 23.0 Å². The van der Waals surface area contributed by atoms with Gasteiger partial charge in [-0.05, 0) is 46.7 Å². The van der Waals surface area contributed by atoms with Gasteiger partial charge in [0.25, 0.3) is 0 Å². The number of nitrogens with zero attached hydrogens (tertiary/aromatic N) is 4. The fraction of sp³-hybridized carbons (Fsp3) is 0.143. The van der Waals surface area contributed by atoms with E-state index in [0.29, 0.717) is 22.7 Å². The smallest absolute Gasteiger partial charge is 0.188 e. The first-order valence-corrected chi connectivity index (χ1v) is 13.2. The van der Waals surface area contributed by atoms with Gasteiger partial charge in [-0.15, -0.1) is 29.7 Å². The maximum atomic E-state index is 7.99. The summed E-state index contributed by atoms with van der Waals surface area (Å²) >= 11 is 0. The predicted molar refractivity (Wildman–Crippen MR) is 162 cm³/mol. The fourth-order valence-corrected chi connectivity index (χ4v) is 5.24. The van der Waals surface area contributed by atoms with Gasteiger partial charge in [-0.3, -0.25) is 0 Å². The number of ether oxygens (including phenoxy) is 1. The molecule has 3 heterocycles. The van der Waals surface area contributed by atoms with Crippen molar-refractivity contribution in [1.82, 2.24) is 18.7 Å². The molecular formula is C35H29N4OPt-. The third-order valence-corrected chi connectivity index (χ3v) is 7.26. The standard InChI is InChI=1S/C35H29N4O.Pt/c1-35(2,3)24-18-19-36-34(20-24)39-30-13-6-5-12-28(30)29-17-16-27(22-33(29)39)40-26-11-9-10-25(21-26)38-23-37(4)31-14-7-8-15-32(31)38;/h5-20,23H,1-4H3;/q-1;/i4D3;. The average Bonchev–Trinajstić information content (AvgIpc) is 3.53. The zero-order valence-electron chi connectivity index (χ0n) is 25.8. The number of hydrogen-bond acceptors (Lipinski definition) is 2. The molecule has 4 aromatic carbocycles. The second-order valence-corrected chi connectivity index (χ2v) is 10.9. The van der Waals surface area contributed by atoms with Gasteiger partial charge in [0.05, 0.1) is 0 Å². The summed E-state index contributed by atoms with van der Waals surface area (Å²) in [6, 6.07) is 36.2. The monoisotopic (exact) mass is 719 g/mol. The number of fused-ring (bicyclic) bond motifs is 4. The number of imidazole rings is 1. The van der Waals surface area contributed by atoms with E-state index >= 15 is 0 Å². The molecule has 3 aromatic heterocycles. The normalized spacial score (nSPS) is 13.1. The van der Waals surface area contributed by atoms with Crippen molar-refractivity contribution in [2.75, 3.05) is 0 Å². The minimum atomic E-state index is -2.32. The number of rotatable bonds is 4. The van der Waals surface area contributed by atoms with Crippen LogP contribution in [0.5, 0.6) is 11.5 Å².